The predicted molar refractivity (Wildman–Crippen MR) is 102 cm³/mol. The maximum absolute atomic E-state index is 14.6. The minimum Gasteiger partial charge on any atom is -0.444 e. The molecule has 4 rings (SSSR count). The van der Waals surface area contributed by atoms with Gasteiger partial charge < -0.3 is 4.74 Å². The number of halogens is 2. The molecule has 3 nitrogen and oxygen atoms in total. The number of carbonyl (C=O) groups excluding carboxylic acids is 1. The Hall–Kier alpha value is -3.47. The van der Waals surface area contributed by atoms with Crippen LogP contribution in [0.15, 0.2) is 79.0 Å². The molecule has 140 valence electrons. The predicted octanol–water partition coefficient (Wildman–Crippen LogP) is 5.68. The summed E-state index contributed by atoms with van der Waals surface area (Å²) < 4.78 is 34.6. The molecule has 5 heteroatoms. The van der Waals surface area contributed by atoms with Crippen molar-refractivity contribution in [2.45, 2.75) is 12.6 Å². The van der Waals surface area contributed by atoms with E-state index < -0.39 is 23.8 Å². The summed E-state index contributed by atoms with van der Waals surface area (Å²) in [7, 11) is 0. The molecule has 0 aromatic heterocycles. The molecular formula is C23H17F2NO2. The van der Waals surface area contributed by atoms with Crippen LogP contribution in [0, 0.1) is 11.6 Å². The number of amides is 1. The molecule has 1 aliphatic rings. The molecule has 0 N–H and O–H groups in total. The number of benzene rings is 3. The normalized spacial score (nSPS) is 15.2. The van der Waals surface area contributed by atoms with Crippen LogP contribution in [0.5, 0.6) is 0 Å². The van der Waals surface area contributed by atoms with E-state index in [0.29, 0.717) is 5.56 Å². The van der Waals surface area contributed by atoms with Gasteiger partial charge in [-0.05, 0) is 34.9 Å². The Morgan fingerprint density at radius 3 is 2.32 bits per heavy atom. The Morgan fingerprint density at radius 2 is 1.57 bits per heavy atom. The molecule has 1 unspecified atom stereocenters. The minimum absolute atomic E-state index is 0.0676. The molecule has 0 saturated carbocycles. The monoisotopic (exact) mass is 377 g/mol. The highest BCUT2D eigenvalue weighted by Gasteiger charge is 2.34. The van der Waals surface area contributed by atoms with Crippen LogP contribution in [0.3, 0.4) is 0 Å². The number of carbonyl (C=O) groups is 1. The maximum Gasteiger partial charge on any atom is 0.415 e. The second kappa shape index (κ2) is 7.64. The van der Waals surface area contributed by atoms with Crippen LogP contribution in [-0.4, -0.2) is 11.0 Å². The highest BCUT2D eigenvalue weighted by Crippen LogP contribution is 2.38. The fraction of sp³-hybridized carbons (Fsp3) is 0.0870. The van der Waals surface area contributed by atoms with Crippen molar-refractivity contribution in [3.63, 3.8) is 0 Å². The molecule has 0 saturated heterocycles. The van der Waals surface area contributed by atoms with E-state index in [1.165, 1.54) is 29.3 Å². The average Bonchev–Trinajstić information content (AvgIpc) is 2.72. The van der Waals surface area contributed by atoms with Gasteiger partial charge in [0.15, 0.2) is 0 Å². The molecule has 3 aromatic carbocycles. The molecule has 1 amide bonds. The molecule has 1 aliphatic heterocycles. The molecule has 1 atom stereocenters. The first-order chi connectivity index (χ1) is 13.6. The maximum atomic E-state index is 14.6. The van der Waals surface area contributed by atoms with Crippen LogP contribution in [0.4, 0.5) is 13.6 Å². The molecule has 3 aromatic rings. The van der Waals surface area contributed by atoms with Gasteiger partial charge in [0.05, 0.1) is 11.6 Å². The molecule has 0 spiro atoms. The number of ether oxygens (including phenoxy) is 1. The van der Waals surface area contributed by atoms with Crippen molar-refractivity contribution in [1.29, 1.82) is 0 Å². The van der Waals surface area contributed by atoms with Crippen LogP contribution in [0.2, 0.25) is 0 Å². The Morgan fingerprint density at radius 1 is 0.893 bits per heavy atom. The standard InChI is InChI=1S/C23H17F2NO2/c24-19-11-6-12-20(25)21(19)22-18-10-5-4-9-17(18)13-14-26(22)23(27)28-15-16-7-2-1-3-8-16/h1-14,22H,15H2. The molecular weight excluding hydrogens is 360 g/mol. The van der Waals surface area contributed by atoms with Crippen LogP contribution in [0.1, 0.15) is 28.3 Å². The lowest BCUT2D eigenvalue weighted by Gasteiger charge is -2.33. The van der Waals surface area contributed by atoms with Crippen molar-refractivity contribution in [2.75, 3.05) is 0 Å². The quantitative estimate of drug-likeness (QED) is 0.588. The fourth-order valence-electron chi connectivity index (χ4n) is 3.33. The van der Waals surface area contributed by atoms with Crippen molar-refractivity contribution in [2.24, 2.45) is 0 Å². The van der Waals surface area contributed by atoms with Gasteiger partial charge in [0.1, 0.15) is 18.2 Å². The topological polar surface area (TPSA) is 29.5 Å². The molecule has 0 aliphatic carbocycles. The summed E-state index contributed by atoms with van der Waals surface area (Å²) in [5, 5.41) is 0. The summed E-state index contributed by atoms with van der Waals surface area (Å²) >= 11 is 0. The summed E-state index contributed by atoms with van der Waals surface area (Å²) in [4.78, 5) is 14.0. The summed E-state index contributed by atoms with van der Waals surface area (Å²) in [5.41, 5.74) is 2.06. The molecule has 28 heavy (non-hydrogen) atoms. The Balaban J connectivity index is 1.70. The number of nitrogens with zero attached hydrogens (tertiary/aromatic N) is 1. The third kappa shape index (κ3) is 3.39. The Bertz CT molecular complexity index is 1010. The summed E-state index contributed by atoms with van der Waals surface area (Å²) in [6.45, 7) is 0.0676. The number of hydrogen-bond acceptors (Lipinski definition) is 2. The van der Waals surface area contributed by atoms with Gasteiger partial charge in [-0.25, -0.2) is 13.6 Å². The van der Waals surface area contributed by atoms with Gasteiger partial charge in [0.25, 0.3) is 0 Å². The largest absolute Gasteiger partial charge is 0.444 e. The highest BCUT2D eigenvalue weighted by atomic mass is 19.1. The minimum atomic E-state index is -0.953. The lowest BCUT2D eigenvalue weighted by molar-refractivity contribution is 0.102. The number of hydrogen-bond donors (Lipinski definition) is 0. The van der Waals surface area contributed by atoms with Crippen molar-refractivity contribution >= 4 is 12.2 Å². The zero-order valence-corrected chi connectivity index (χ0v) is 14.9. The van der Waals surface area contributed by atoms with E-state index in [4.69, 9.17) is 4.74 Å². The van der Waals surface area contributed by atoms with E-state index in [1.54, 1.807) is 18.2 Å². The molecule has 0 radical (unpaired) electrons. The Kier molecular flexibility index (Phi) is 4.89. The van der Waals surface area contributed by atoms with Crippen LogP contribution in [0.25, 0.3) is 6.08 Å². The summed E-state index contributed by atoms with van der Waals surface area (Å²) in [6, 6.07) is 19.2. The average molecular weight is 377 g/mol. The third-order valence-corrected chi connectivity index (χ3v) is 4.67. The SMILES string of the molecule is O=C(OCc1ccccc1)N1C=Cc2ccccc2C1c1c(F)cccc1F. The number of rotatable bonds is 3. The zero-order chi connectivity index (χ0) is 19.5. The molecule has 1 heterocycles. The third-order valence-electron chi connectivity index (χ3n) is 4.67. The lowest BCUT2D eigenvalue weighted by Crippen LogP contribution is -2.34. The van der Waals surface area contributed by atoms with Gasteiger partial charge in [-0.3, -0.25) is 4.90 Å². The zero-order valence-electron chi connectivity index (χ0n) is 14.9. The van der Waals surface area contributed by atoms with Gasteiger partial charge >= 0.3 is 6.09 Å². The van der Waals surface area contributed by atoms with Crippen molar-refractivity contribution < 1.29 is 18.3 Å². The van der Waals surface area contributed by atoms with Gasteiger partial charge in [0, 0.05) is 6.20 Å². The Labute approximate surface area is 161 Å². The summed E-state index contributed by atoms with van der Waals surface area (Å²) in [6.07, 6.45) is 2.56. The second-order valence-electron chi connectivity index (χ2n) is 6.43. The smallest absolute Gasteiger partial charge is 0.415 e. The van der Waals surface area contributed by atoms with Gasteiger partial charge in [-0.15, -0.1) is 0 Å². The highest BCUT2D eigenvalue weighted by molar-refractivity contribution is 5.75. The molecule has 0 bridgehead atoms. The van der Waals surface area contributed by atoms with Crippen molar-refractivity contribution in [3.8, 4) is 0 Å². The van der Waals surface area contributed by atoms with E-state index in [-0.39, 0.29) is 12.2 Å². The number of fused-ring (bicyclic) bond motifs is 1. The van der Waals surface area contributed by atoms with E-state index in [0.717, 1.165) is 11.1 Å². The first kappa shape index (κ1) is 17.9. The van der Waals surface area contributed by atoms with Crippen molar-refractivity contribution in [1.82, 2.24) is 4.90 Å². The van der Waals surface area contributed by atoms with Crippen LogP contribution < -0.4 is 0 Å². The van der Waals surface area contributed by atoms with E-state index in [2.05, 4.69) is 0 Å². The van der Waals surface area contributed by atoms with Crippen LogP contribution in [-0.2, 0) is 11.3 Å². The van der Waals surface area contributed by atoms with E-state index >= 15 is 0 Å². The second-order valence-corrected chi connectivity index (χ2v) is 6.43. The van der Waals surface area contributed by atoms with E-state index in [9.17, 15) is 13.6 Å². The lowest BCUT2D eigenvalue weighted by atomic mass is 9.90. The first-order valence-corrected chi connectivity index (χ1v) is 8.85. The van der Waals surface area contributed by atoms with Gasteiger partial charge in [-0.1, -0.05) is 60.7 Å². The summed E-state index contributed by atoms with van der Waals surface area (Å²) in [5.74, 6) is -1.42. The van der Waals surface area contributed by atoms with Gasteiger partial charge in [0.2, 0.25) is 0 Å². The first-order valence-electron chi connectivity index (χ1n) is 8.85. The van der Waals surface area contributed by atoms with Crippen LogP contribution >= 0.6 is 0 Å². The molecule has 0 fully saturated rings. The van der Waals surface area contributed by atoms with E-state index in [1.807, 2.05) is 42.5 Å². The fourth-order valence-corrected chi connectivity index (χ4v) is 3.33. The van der Waals surface area contributed by atoms with Gasteiger partial charge in [-0.2, -0.15) is 0 Å². The van der Waals surface area contributed by atoms with Crippen molar-refractivity contribution in [3.05, 3.63) is 113 Å².